The van der Waals surface area contributed by atoms with E-state index < -0.39 is 5.60 Å². The molecule has 1 saturated carbocycles. The van der Waals surface area contributed by atoms with Crippen LogP contribution in [-0.4, -0.2) is 53.5 Å². The molecule has 11 heteroatoms. The van der Waals surface area contributed by atoms with Crippen LogP contribution in [0.4, 0.5) is 11.6 Å². The van der Waals surface area contributed by atoms with Gasteiger partial charge in [0.2, 0.25) is 0 Å². The number of H-pyrrole nitrogens is 1. The van der Waals surface area contributed by atoms with Crippen LogP contribution in [0, 0.1) is 13.8 Å². The van der Waals surface area contributed by atoms with E-state index in [1.807, 2.05) is 57.3 Å². The van der Waals surface area contributed by atoms with Crippen molar-refractivity contribution < 1.29 is 9.53 Å². The number of nitrogens with zero attached hydrogens (tertiary/aromatic N) is 6. The number of aryl methyl sites for hydroxylation is 2. The first-order valence-corrected chi connectivity index (χ1v) is 12.8. The molecule has 1 atom stereocenters. The minimum atomic E-state index is -0.884. The number of hydrogen-bond donors (Lipinski definition) is 3. The predicted molar refractivity (Wildman–Crippen MR) is 142 cm³/mol. The molecule has 1 amide bonds. The summed E-state index contributed by atoms with van der Waals surface area (Å²) in [5.74, 6) is 2.96. The topological polar surface area (TPSA) is 136 Å². The van der Waals surface area contributed by atoms with E-state index in [1.165, 1.54) is 0 Å². The summed E-state index contributed by atoms with van der Waals surface area (Å²) in [5, 5.41) is 17.7. The van der Waals surface area contributed by atoms with E-state index in [9.17, 15) is 4.79 Å². The fourth-order valence-corrected chi connectivity index (χ4v) is 4.92. The summed E-state index contributed by atoms with van der Waals surface area (Å²) in [6, 6.07) is 9.30. The van der Waals surface area contributed by atoms with Gasteiger partial charge in [0, 0.05) is 55.1 Å². The van der Waals surface area contributed by atoms with Gasteiger partial charge in [0.15, 0.2) is 11.6 Å². The number of amides is 1. The highest BCUT2D eigenvalue weighted by molar-refractivity contribution is 5.85. The van der Waals surface area contributed by atoms with Crippen molar-refractivity contribution in [1.29, 1.82) is 0 Å². The molecule has 3 N–H and O–H groups in total. The summed E-state index contributed by atoms with van der Waals surface area (Å²) >= 11 is 0. The monoisotopic (exact) mass is 515 g/mol. The molecule has 1 aliphatic carbocycles. The second-order valence-electron chi connectivity index (χ2n) is 9.88. The number of rotatable bonds is 8. The zero-order valence-corrected chi connectivity index (χ0v) is 22.1. The largest absolute Gasteiger partial charge is 0.368 e. The first-order valence-electron chi connectivity index (χ1n) is 12.8. The van der Waals surface area contributed by atoms with Gasteiger partial charge in [-0.05, 0) is 64.2 Å². The molecule has 4 aromatic heterocycles. The van der Waals surface area contributed by atoms with Gasteiger partial charge >= 0.3 is 0 Å². The first-order chi connectivity index (χ1) is 18.3. The summed E-state index contributed by atoms with van der Waals surface area (Å²) in [7, 11) is 1.61. The number of aromatic nitrogens is 7. The molecular weight excluding hydrogens is 482 g/mol. The smallest absolute Gasteiger partial charge is 0.252 e. The van der Waals surface area contributed by atoms with E-state index in [-0.39, 0.29) is 17.9 Å². The molecule has 1 aliphatic rings. The van der Waals surface area contributed by atoms with E-state index in [2.05, 4.69) is 30.9 Å². The lowest BCUT2D eigenvalue weighted by atomic mass is 9.77. The van der Waals surface area contributed by atoms with Crippen molar-refractivity contribution >= 4 is 17.5 Å². The number of methoxy groups -OCH3 is 1. The quantitative estimate of drug-likeness (QED) is 0.320. The Hall–Kier alpha value is -4.12. The van der Waals surface area contributed by atoms with Crippen LogP contribution in [0.2, 0.25) is 0 Å². The Morgan fingerprint density at radius 1 is 1.18 bits per heavy atom. The molecule has 5 rings (SSSR count). The molecule has 11 nitrogen and oxygen atoms in total. The maximum absolute atomic E-state index is 13.4. The molecule has 0 saturated heterocycles. The lowest BCUT2D eigenvalue weighted by molar-refractivity contribution is -0.148. The first kappa shape index (κ1) is 25.5. The second-order valence-corrected chi connectivity index (χ2v) is 9.88. The number of carbonyl (C=O) groups is 1. The molecule has 4 heterocycles. The van der Waals surface area contributed by atoms with Gasteiger partial charge in [-0.25, -0.2) is 19.6 Å². The zero-order valence-electron chi connectivity index (χ0n) is 22.1. The van der Waals surface area contributed by atoms with Crippen molar-refractivity contribution in [2.24, 2.45) is 0 Å². The van der Waals surface area contributed by atoms with Crippen molar-refractivity contribution in [2.75, 3.05) is 12.4 Å². The number of anilines is 2. The fourth-order valence-electron chi connectivity index (χ4n) is 4.92. The minimum Gasteiger partial charge on any atom is -0.368 e. The maximum Gasteiger partial charge on any atom is 0.252 e. The Balaban J connectivity index is 1.22. The van der Waals surface area contributed by atoms with Gasteiger partial charge < -0.3 is 15.4 Å². The Labute approximate surface area is 221 Å². The molecule has 4 aromatic rings. The van der Waals surface area contributed by atoms with Crippen LogP contribution in [0.25, 0.3) is 5.82 Å². The third kappa shape index (κ3) is 5.42. The van der Waals surface area contributed by atoms with E-state index in [4.69, 9.17) is 14.7 Å². The SMILES string of the molecule is CO[C@]1(C(=O)N[C@@H](C)c2ccc(-n3cccn3)nc2)CC[C@H](c2nc(C)cc(Nc3cc(C)[nH]n3)n2)CC1. The average molecular weight is 516 g/mol. The molecule has 198 valence electrons. The van der Waals surface area contributed by atoms with Gasteiger partial charge in [0.25, 0.3) is 5.91 Å². The van der Waals surface area contributed by atoms with Gasteiger partial charge in [-0.2, -0.15) is 10.2 Å². The van der Waals surface area contributed by atoms with Crippen LogP contribution >= 0.6 is 0 Å². The summed E-state index contributed by atoms with van der Waals surface area (Å²) in [5.41, 5.74) is 1.88. The minimum absolute atomic E-state index is 0.108. The second kappa shape index (κ2) is 10.7. The van der Waals surface area contributed by atoms with Crippen molar-refractivity contribution in [3.8, 4) is 5.82 Å². The zero-order chi connectivity index (χ0) is 26.7. The maximum atomic E-state index is 13.4. The van der Waals surface area contributed by atoms with Crippen LogP contribution in [0.3, 0.4) is 0 Å². The highest BCUT2D eigenvalue weighted by Crippen LogP contribution is 2.39. The van der Waals surface area contributed by atoms with E-state index in [1.54, 1.807) is 24.2 Å². The standard InChI is InChI=1S/C27H33N9O2/c1-17-14-22(32-23-15-18(2)34-35-23)33-25(30-17)20-8-10-27(38-4,11-9-20)26(37)31-19(3)21-6-7-24(28-16-21)36-13-5-12-29-36/h5-7,12-16,19-20H,8-11H2,1-4H3,(H,31,37)(H2,30,32,33,34,35)/t19-,20-,27+/m0/s1. The van der Waals surface area contributed by atoms with Gasteiger partial charge in [-0.15, -0.1) is 0 Å². The lowest BCUT2D eigenvalue weighted by Gasteiger charge is -2.38. The molecule has 0 radical (unpaired) electrons. The molecule has 0 aliphatic heterocycles. The number of pyridine rings is 1. The van der Waals surface area contributed by atoms with Crippen LogP contribution in [0.15, 0.2) is 48.9 Å². The molecule has 38 heavy (non-hydrogen) atoms. The summed E-state index contributed by atoms with van der Waals surface area (Å²) in [6.07, 6.45) is 7.98. The van der Waals surface area contributed by atoms with Gasteiger partial charge in [-0.1, -0.05) is 6.07 Å². The molecule has 1 fully saturated rings. The molecule has 0 unspecified atom stereocenters. The molecular formula is C27H33N9O2. The predicted octanol–water partition coefficient (Wildman–Crippen LogP) is 4.06. The van der Waals surface area contributed by atoms with Gasteiger partial charge in [0.05, 0.1) is 6.04 Å². The van der Waals surface area contributed by atoms with Crippen molar-refractivity contribution in [2.45, 2.75) is 64.0 Å². The number of hydrogen-bond acceptors (Lipinski definition) is 8. The summed E-state index contributed by atoms with van der Waals surface area (Å²) < 4.78 is 7.55. The van der Waals surface area contributed by atoms with Gasteiger partial charge in [0.1, 0.15) is 17.2 Å². The summed E-state index contributed by atoms with van der Waals surface area (Å²) in [4.78, 5) is 27.4. The number of carbonyl (C=O) groups excluding carboxylic acids is 1. The van der Waals surface area contributed by atoms with Crippen LogP contribution < -0.4 is 10.6 Å². The van der Waals surface area contributed by atoms with Crippen molar-refractivity contribution in [3.05, 3.63) is 71.7 Å². The third-order valence-corrected chi connectivity index (χ3v) is 7.15. The molecule has 0 bridgehead atoms. The average Bonchev–Trinajstić information content (AvgIpc) is 3.60. The third-order valence-electron chi connectivity index (χ3n) is 7.15. The van der Waals surface area contributed by atoms with E-state index in [0.29, 0.717) is 24.5 Å². The Morgan fingerprint density at radius 2 is 2.00 bits per heavy atom. The van der Waals surface area contributed by atoms with Crippen molar-refractivity contribution in [3.63, 3.8) is 0 Å². The number of aromatic amines is 1. The Kier molecular flexibility index (Phi) is 7.19. The lowest BCUT2D eigenvalue weighted by Crippen LogP contribution is -2.50. The van der Waals surface area contributed by atoms with Crippen LogP contribution in [-0.2, 0) is 9.53 Å². The van der Waals surface area contributed by atoms with Crippen molar-refractivity contribution in [1.82, 2.24) is 40.2 Å². The highest BCUT2D eigenvalue weighted by Gasteiger charge is 2.43. The van der Waals surface area contributed by atoms with E-state index >= 15 is 0 Å². The Morgan fingerprint density at radius 3 is 2.63 bits per heavy atom. The molecule has 0 aromatic carbocycles. The highest BCUT2D eigenvalue weighted by atomic mass is 16.5. The number of nitrogens with one attached hydrogen (secondary N) is 3. The summed E-state index contributed by atoms with van der Waals surface area (Å²) in [6.45, 7) is 5.86. The number of ether oxygens (including phenoxy) is 1. The normalized spacial score (nSPS) is 20.2. The Bertz CT molecular complexity index is 1370. The molecule has 0 spiro atoms. The van der Waals surface area contributed by atoms with E-state index in [0.717, 1.165) is 41.4 Å². The fraction of sp³-hybridized carbons (Fsp3) is 0.407. The van der Waals surface area contributed by atoms with Crippen LogP contribution in [0.5, 0.6) is 0 Å². The van der Waals surface area contributed by atoms with Gasteiger partial charge in [-0.3, -0.25) is 9.89 Å². The van der Waals surface area contributed by atoms with Crippen LogP contribution in [0.1, 0.15) is 67.3 Å².